The molecule has 2 aromatic carbocycles. The van der Waals surface area contributed by atoms with Crippen LogP contribution < -0.4 is 10.6 Å². The molecule has 0 spiro atoms. The van der Waals surface area contributed by atoms with Crippen LogP contribution in [-0.2, 0) is 6.54 Å². The molecule has 0 aliphatic rings. The third-order valence-corrected chi connectivity index (χ3v) is 3.93. The van der Waals surface area contributed by atoms with Crippen LogP contribution in [0.25, 0.3) is 0 Å². The quantitative estimate of drug-likeness (QED) is 0.641. The van der Waals surface area contributed by atoms with E-state index in [2.05, 4.69) is 20.8 Å². The molecule has 0 radical (unpaired) electrons. The first kappa shape index (κ1) is 17.6. The molecule has 0 aliphatic carbocycles. The van der Waals surface area contributed by atoms with Crippen LogP contribution in [0.5, 0.6) is 0 Å². The van der Waals surface area contributed by atoms with Gasteiger partial charge in [-0.05, 0) is 17.7 Å². The molecule has 6 nitrogen and oxygen atoms in total. The van der Waals surface area contributed by atoms with Gasteiger partial charge in [0.2, 0.25) is 0 Å². The Labute approximate surface area is 153 Å². The summed E-state index contributed by atoms with van der Waals surface area (Å²) in [7, 11) is 0. The molecule has 0 aliphatic heterocycles. The first-order valence-corrected chi connectivity index (χ1v) is 8.05. The number of anilines is 1. The topological polar surface area (TPSA) is 86.9 Å². The van der Waals surface area contributed by atoms with Gasteiger partial charge >= 0.3 is 0 Å². The highest BCUT2D eigenvalue weighted by atomic mass is 35.5. The van der Waals surface area contributed by atoms with Gasteiger partial charge in [-0.25, -0.2) is 4.39 Å². The van der Waals surface area contributed by atoms with Gasteiger partial charge in [-0.15, -0.1) is 0 Å². The molecule has 3 aromatic rings. The Morgan fingerprint density at radius 1 is 1.08 bits per heavy atom. The second kappa shape index (κ2) is 7.79. The van der Waals surface area contributed by atoms with Gasteiger partial charge in [-0.3, -0.25) is 14.7 Å². The third kappa shape index (κ3) is 4.07. The van der Waals surface area contributed by atoms with Crippen LogP contribution in [0.3, 0.4) is 0 Å². The van der Waals surface area contributed by atoms with E-state index < -0.39 is 17.6 Å². The predicted octanol–water partition coefficient (Wildman–Crippen LogP) is 3.38. The first-order chi connectivity index (χ1) is 12.5. The Morgan fingerprint density at radius 3 is 2.62 bits per heavy atom. The van der Waals surface area contributed by atoms with Crippen molar-refractivity contribution in [3.8, 4) is 0 Å². The van der Waals surface area contributed by atoms with E-state index >= 15 is 0 Å². The van der Waals surface area contributed by atoms with Crippen LogP contribution in [0.4, 0.5) is 10.2 Å². The predicted molar refractivity (Wildman–Crippen MR) is 95.6 cm³/mol. The van der Waals surface area contributed by atoms with Gasteiger partial charge in [0.1, 0.15) is 11.6 Å². The van der Waals surface area contributed by atoms with Crippen molar-refractivity contribution < 1.29 is 14.0 Å². The molecule has 2 amide bonds. The van der Waals surface area contributed by atoms with E-state index in [9.17, 15) is 14.0 Å². The monoisotopic (exact) mass is 372 g/mol. The van der Waals surface area contributed by atoms with Crippen molar-refractivity contribution in [2.75, 3.05) is 5.32 Å². The van der Waals surface area contributed by atoms with Gasteiger partial charge in [0.25, 0.3) is 11.8 Å². The van der Waals surface area contributed by atoms with Crippen molar-refractivity contribution in [3.05, 3.63) is 82.3 Å². The molecule has 3 N–H and O–H groups in total. The number of aromatic nitrogens is 2. The van der Waals surface area contributed by atoms with Crippen molar-refractivity contribution in [2.45, 2.75) is 6.54 Å². The number of carbonyl (C=O) groups excluding carboxylic acids is 2. The molecule has 0 saturated heterocycles. The highest BCUT2D eigenvalue weighted by Gasteiger charge is 2.16. The van der Waals surface area contributed by atoms with Crippen LogP contribution in [0, 0.1) is 5.82 Å². The number of halogens is 2. The van der Waals surface area contributed by atoms with Crippen LogP contribution >= 0.6 is 11.6 Å². The summed E-state index contributed by atoms with van der Waals surface area (Å²) in [6.45, 7) is 0.354. The summed E-state index contributed by atoms with van der Waals surface area (Å²) in [5, 5.41) is 11.3. The van der Waals surface area contributed by atoms with Crippen LogP contribution in [0.15, 0.2) is 54.6 Å². The number of hydrogen-bond donors (Lipinski definition) is 3. The highest BCUT2D eigenvalue weighted by Crippen LogP contribution is 2.20. The van der Waals surface area contributed by atoms with Crippen LogP contribution in [0.1, 0.15) is 26.4 Å². The summed E-state index contributed by atoms with van der Waals surface area (Å²) in [4.78, 5) is 24.3. The van der Waals surface area contributed by atoms with E-state index in [4.69, 9.17) is 11.6 Å². The Balaban J connectivity index is 1.63. The molecule has 0 unspecified atom stereocenters. The van der Waals surface area contributed by atoms with E-state index in [1.54, 1.807) is 0 Å². The Hall–Kier alpha value is -3.19. The normalized spacial score (nSPS) is 10.4. The average Bonchev–Trinajstić information content (AvgIpc) is 3.11. The third-order valence-electron chi connectivity index (χ3n) is 3.55. The van der Waals surface area contributed by atoms with Crippen molar-refractivity contribution in [2.24, 2.45) is 0 Å². The molecule has 3 rings (SSSR count). The zero-order valence-electron chi connectivity index (χ0n) is 13.4. The minimum atomic E-state index is -0.690. The number of benzene rings is 2. The second-order valence-electron chi connectivity index (χ2n) is 5.39. The number of nitrogens with zero attached hydrogens (tertiary/aromatic N) is 1. The van der Waals surface area contributed by atoms with Crippen molar-refractivity contribution >= 4 is 29.2 Å². The molecule has 1 heterocycles. The number of amides is 2. The minimum Gasteiger partial charge on any atom is -0.347 e. The Bertz CT molecular complexity index is 943. The molecule has 26 heavy (non-hydrogen) atoms. The summed E-state index contributed by atoms with van der Waals surface area (Å²) in [6, 6.07) is 14.7. The fraction of sp³-hybridized carbons (Fsp3) is 0.0556. The number of aromatic amines is 1. The van der Waals surface area contributed by atoms with Gasteiger partial charge in [0.05, 0.1) is 10.6 Å². The smallest absolute Gasteiger partial charge is 0.272 e. The molecule has 0 bridgehead atoms. The Morgan fingerprint density at radius 2 is 1.85 bits per heavy atom. The van der Waals surface area contributed by atoms with Crippen LogP contribution in [-0.4, -0.2) is 22.0 Å². The number of rotatable bonds is 5. The maximum atomic E-state index is 13.4. The molecular formula is C18H14ClFN4O2. The van der Waals surface area contributed by atoms with E-state index in [0.29, 0.717) is 6.54 Å². The van der Waals surface area contributed by atoms with Gasteiger partial charge in [0.15, 0.2) is 5.69 Å². The van der Waals surface area contributed by atoms with E-state index in [0.717, 1.165) is 11.6 Å². The fourth-order valence-corrected chi connectivity index (χ4v) is 2.45. The summed E-state index contributed by atoms with van der Waals surface area (Å²) < 4.78 is 13.4. The minimum absolute atomic E-state index is 0.0173. The molecule has 0 fully saturated rings. The second-order valence-corrected chi connectivity index (χ2v) is 5.77. The maximum absolute atomic E-state index is 13.4. The van der Waals surface area contributed by atoms with Crippen molar-refractivity contribution in [1.29, 1.82) is 0 Å². The Kier molecular flexibility index (Phi) is 5.28. The van der Waals surface area contributed by atoms with E-state index in [1.807, 2.05) is 30.3 Å². The number of H-pyrrole nitrogens is 1. The lowest BCUT2D eigenvalue weighted by Gasteiger charge is -2.05. The molecule has 0 atom stereocenters. The van der Waals surface area contributed by atoms with Gasteiger partial charge < -0.3 is 10.6 Å². The molecule has 1 aromatic heterocycles. The fourth-order valence-electron chi connectivity index (χ4n) is 2.24. The lowest BCUT2D eigenvalue weighted by molar-refractivity contribution is 0.0945. The highest BCUT2D eigenvalue weighted by molar-refractivity contribution is 6.34. The van der Waals surface area contributed by atoms with Gasteiger partial charge in [-0.1, -0.05) is 48.0 Å². The standard InChI is InChI=1S/C18H14ClFN4O2/c19-16-12(7-4-8-13(16)20)17(25)22-15-9-14(23-24-15)18(26)21-10-11-5-2-1-3-6-11/h1-9H,10H2,(H,21,26)(H2,22,23,24,25). The summed E-state index contributed by atoms with van der Waals surface area (Å²) >= 11 is 5.78. The van der Waals surface area contributed by atoms with E-state index in [-0.39, 0.29) is 22.1 Å². The largest absolute Gasteiger partial charge is 0.347 e. The molecular weight excluding hydrogens is 359 g/mol. The summed E-state index contributed by atoms with van der Waals surface area (Å²) in [5.41, 5.74) is 1.04. The van der Waals surface area contributed by atoms with Crippen LogP contribution in [0.2, 0.25) is 5.02 Å². The zero-order chi connectivity index (χ0) is 18.5. The maximum Gasteiger partial charge on any atom is 0.272 e. The number of carbonyl (C=O) groups is 2. The molecule has 8 heteroatoms. The van der Waals surface area contributed by atoms with Crippen molar-refractivity contribution in [1.82, 2.24) is 15.5 Å². The lowest BCUT2D eigenvalue weighted by Crippen LogP contribution is -2.23. The van der Waals surface area contributed by atoms with Crippen molar-refractivity contribution in [3.63, 3.8) is 0 Å². The SMILES string of the molecule is O=C(NCc1ccccc1)c1cc(NC(=O)c2cccc(F)c2Cl)[nH]n1. The number of nitrogens with one attached hydrogen (secondary N) is 3. The molecule has 132 valence electrons. The summed E-state index contributed by atoms with van der Waals surface area (Å²) in [6.07, 6.45) is 0. The van der Waals surface area contributed by atoms with Gasteiger partial charge in [0, 0.05) is 12.6 Å². The van der Waals surface area contributed by atoms with E-state index in [1.165, 1.54) is 18.2 Å². The summed E-state index contributed by atoms with van der Waals surface area (Å²) in [5.74, 6) is -1.51. The first-order valence-electron chi connectivity index (χ1n) is 7.67. The average molecular weight is 373 g/mol. The lowest BCUT2D eigenvalue weighted by atomic mass is 10.2. The molecule has 0 saturated carbocycles. The zero-order valence-corrected chi connectivity index (χ0v) is 14.2. The number of hydrogen-bond acceptors (Lipinski definition) is 3. The van der Waals surface area contributed by atoms with Gasteiger partial charge in [-0.2, -0.15) is 5.10 Å².